The average Bonchev–Trinajstić information content (AvgIpc) is 3.17. The lowest BCUT2D eigenvalue weighted by molar-refractivity contribution is 0.281. The molecule has 0 saturated carbocycles. The van der Waals surface area contributed by atoms with Crippen LogP contribution in [0.5, 0.6) is 5.88 Å². The van der Waals surface area contributed by atoms with Gasteiger partial charge in [0.15, 0.2) is 5.65 Å². The van der Waals surface area contributed by atoms with Gasteiger partial charge >= 0.3 is 0 Å². The van der Waals surface area contributed by atoms with Crippen molar-refractivity contribution in [3.8, 4) is 17.3 Å². The molecule has 0 aromatic carbocycles. The molecule has 4 aromatic heterocycles. The van der Waals surface area contributed by atoms with Gasteiger partial charge in [-0.05, 0) is 36.8 Å². The second-order valence-electron chi connectivity index (χ2n) is 6.36. The van der Waals surface area contributed by atoms with Crippen LogP contribution in [-0.4, -0.2) is 42.0 Å². The molecule has 0 fully saturated rings. The first-order valence-corrected chi connectivity index (χ1v) is 8.82. The fourth-order valence-corrected chi connectivity index (χ4v) is 2.97. The minimum absolute atomic E-state index is 0.138. The molecule has 0 amide bonds. The molecule has 10 heteroatoms. The van der Waals surface area contributed by atoms with E-state index in [2.05, 4.69) is 30.6 Å². The number of nitrogens with zero attached hydrogens (tertiary/aromatic N) is 6. The maximum atomic E-state index is 13.6. The number of methoxy groups -OCH3 is 1. The maximum Gasteiger partial charge on any atom is 0.218 e. The summed E-state index contributed by atoms with van der Waals surface area (Å²) >= 11 is 0. The van der Waals surface area contributed by atoms with Crippen molar-refractivity contribution in [3.63, 3.8) is 0 Å². The Labute approximate surface area is 165 Å². The van der Waals surface area contributed by atoms with Crippen molar-refractivity contribution in [1.82, 2.24) is 29.8 Å². The van der Waals surface area contributed by atoms with Crippen LogP contribution in [0.3, 0.4) is 0 Å². The normalized spacial score (nSPS) is 12.1. The number of ether oxygens (including phenoxy) is 1. The number of anilines is 1. The molecule has 0 bridgehead atoms. The van der Waals surface area contributed by atoms with Crippen LogP contribution in [0.2, 0.25) is 0 Å². The molecule has 2 N–H and O–H groups in total. The van der Waals surface area contributed by atoms with E-state index in [9.17, 15) is 9.50 Å². The van der Waals surface area contributed by atoms with E-state index in [-0.39, 0.29) is 12.6 Å². The van der Waals surface area contributed by atoms with E-state index < -0.39 is 5.82 Å². The van der Waals surface area contributed by atoms with Crippen molar-refractivity contribution >= 4 is 11.5 Å². The van der Waals surface area contributed by atoms with Gasteiger partial charge in [0.2, 0.25) is 5.88 Å². The summed E-state index contributed by atoms with van der Waals surface area (Å²) in [5.74, 6) is 0.436. The highest BCUT2D eigenvalue weighted by Crippen LogP contribution is 2.26. The zero-order valence-electron chi connectivity index (χ0n) is 15.7. The van der Waals surface area contributed by atoms with Gasteiger partial charge in [-0.25, -0.2) is 18.9 Å². The third kappa shape index (κ3) is 3.69. The first-order chi connectivity index (χ1) is 14.1. The molecule has 4 heterocycles. The van der Waals surface area contributed by atoms with Gasteiger partial charge in [-0.15, -0.1) is 10.2 Å². The van der Waals surface area contributed by atoms with E-state index in [1.54, 1.807) is 28.9 Å². The van der Waals surface area contributed by atoms with Crippen LogP contribution in [0.15, 0.2) is 42.9 Å². The first kappa shape index (κ1) is 18.7. The lowest BCUT2D eigenvalue weighted by atomic mass is 10.1. The molecular formula is C19H18FN7O2. The highest BCUT2D eigenvalue weighted by atomic mass is 19.1. The van der Waals surface area contributed by atoms with Gasteiger partial charge in [-0.1, -0.05) is 0 Å². The minimum atomic E-state index is -0.447. The molecule has 0 aliphatic carbocycles. The average molecular weight is 395 g/mol. The van der Waals surface area contributed by atoms with Gasteiger partial charge < -0.3 is 15.2 Å². The van der Waals surface area contributed by atoms with Gasteiger partial charge in [0.25, 0.3) is 0 Å². The molecule has 148 valence electrons. The largest absolute Gasteiger partial charge is 0.481 e. The highest BCUT2D eigenvalue weighted by molar-refractivity contribution is 5.60. The zero-order valence-corrected chi connectivity index (χ0v) is 15.7. The predicted octanol–water partition coefficient (Wildman–Crippen LogP) is 2.39. The van der Waals surface area contributed by atoms with E-state index in [0.717, 1.165) is 6.20 Å². The Kier molecular flexibility index (Phi) is 5.00. The van der Waals surface area contributed by atoms with E-state index in [1.165, 1.54) is 19.4 Å². The molecule has 0 aliphatic heterocycles. The number of hydrogen-bond acceptors (Lipinski definition) is 8. The Morgan fingerprint density at radius 2 is 2.07 bits per heavy atom. The number of aromatic nitrogens is 6. The summed E-state index contributed by atoms with van der Waals surface area (Å²) in [6.07, 6.45) is 4.24. The summed E-state index contributed by atoms with van der Waals surface area (Å²) in [6, 6.07) is 6.36. The summed E-state index contributed by atoms with van der Waals surface area (Å²) < 4.78 is 20.5. The second kappa shape index (κ2) is 7.76. The monoisotopic (exact) mass is 395 g/mol. The summed E-state index contributed by atoms with van der Waals surface area (Å²) in [7, 11) is 1.49. The number of imidazole rings is 1. The van der Waals surface area contributed by atoms with Gasteiger partial charge in [0.05, 0.1) is 38.3 Å². The van der Waals surface area contributed by atoms with Crippen LogP contribution >= 0.6 is 0 Å². The maximum absolute atomic E-state index is 13.6. The molecule has 1 atom stereocenters. The number of pyridine rings is 1. The molecule has 0 radical (unpaired) electrons. The van der Waals surface area contributed by atoms with Gasteiger partial charge in [-0.3, -0.25) is 0 Å². The molecule has 29 heavy (non-hydrogen) atoms. The topological polar surface area (TPSA) is 110 Å². The van der Waals surface area contributed by atoms with E-state index >= 15 is 0 Å². The molecule has 4 aromatic rings. The zero-order chi connectivity index (χ0) is 20.4. The number of halogens is 1. The predicted molar refractivity (Wildman–Crippen MR) is 103 cm³/mol. The SMILES string of the molecule is COc1ncc(F)cc1[C@@H](C)Nc1ccc2ncc(-c3cc(CO)cnn3)n2n1. The quantitative estimate of drug-likeness (QED) is 0.512. The number of hydrogen-bond donors (Lipinski definition) is 2. The fourth-order valence-electron chi connectivity index (χ4n) is 2.97. The Bertz CT molecular complexity index is 1160. The standard InChI is InChI=1S/C19H18FN7O2/c1-11(14-6-13(20)8-22-19(14)29-2)24-17-3-4-18-21-9-16(27(18)26-17)15-5-12(10-28)7-23-25-15/h3-9,11,28H,10H2,1-2H3,(H,24,26)/t11-/m1/s1. The van der Waals surface area contributed by atoms with Gasteiger partial charge in [0, 0.05) is 5.56 Å². The van der Waals surface area contributed by atoms with E-state index in [0.29, 0.717) is 39.9 Å². The molecule has 0 unspecified atom stereocenters. The van der Waals surface area contributed by atoms with Crippen LogP contribution in [0.4, 0.5) is 10.2 Å². The minimum Gasteiger partial charge on any atom is -0.481 e. The number of nitrogens with one attached hydrogen (secondary N) is 1. The third-order valence-electron chi connectivity index (χ3n) is 4.39. The third-order valence-corrected chi connectivity index (χ3v) is 4.39. The Morgan fingerprint density at radius 1 is 1.21 bits per heavy atom. The van der Waals surface area contributed by atoms with Crippen LogP contribution in [0.1, 0.15) is 24.1 Å². The summed E-state index contributed by atoms with van der Waals surface area (Å²) in [6.45, 7) is 1.72. The second-order valence-corrected chi connectivity index (χ2v) is 6.36. The van der Waals surface area contributed by atoms with Gasteiger partial charge in [-0.2, -0.15) is 5.10 Å². The number of fused-ring (bicyclic) bond motifs is 1. The number of aliphatic hydroxyl groups is 1. The van der Waals surface area contributed by atoms with Crippen LogP contribution in [-0.2, 0) is 6.61 Å². The van der Waals surface area contributed by atoms with Crippen molar-refractivity contribution in [2.75, 3.05) is 12.4 Å². The Balaban J connectivity index is 1.68. The van der Waals surface area contributed by atoms with Crippen molar-refractivity contribution in [2.24, 2.45) is 0 Å². The lowest BCUT2D eigenvalue weighted by Gasteiger charge is -2.17. The molecule has 0 saturated heterocycles. The van der Waals surface area contributed by atoms with Crippen LogP contribution < -0.4 is 10.1 Å². The summed E-state index contributed by atoms with van der Waals surface area (Å²) in [5, 5.41) is 25.1. The molecular weight excluding hydrogens is 377 g/mol. The van der Waals surface area contributed by atoms with E-state index in [4.69, 9.17) is 4.74 Å². The van der Waals surface area contributed by atoms with Crippen LogP contribution in [0, 0.1) is 5.82 Å². The van der Waals surface area contributed by atoms with Crippen molar-refractivity contribution < 1.29 is 14.2 Å². The number of aliphatic hydroxyl groups excluding tert-OH is 1. The van der Waals surface area contributed by atoms with Crippen LogP contribution in [0.25, 0.3) is 17.0 Å². The Morgan fingerprint density at radius 3 is 2.86 bits per heavy atom. The highest BCUT2D eigenvalue weighted by Gasteiger charge is 2.16. The molecule has 0 aliphatic rings. The van der Waals surface area contributed by atoms with Crippen molar-refractivity contribution in [3.05, 3.63) is 59.8 Å². The smallest absolute Gasteiger partial charge is 0.218 e. The lowest BCUT2D eigenvalue weighted by Crippen LogP contribution is -2.12. The fraction of sp³-hybridized carbons (Fsp3) is 0.211. The molecule has 4 rings (SSSR count). The molecule has 9 nitrogen and oxygen atoms in total. The van der Waals surface area contributed by atoms with Crippen molar-refractivity contribution in [2.45, 2.75) is 19.6 Å². The number of rotatable bonds is 6. The van der Waals surface area contributed by atoms with Crippen molar-refractivity contribution in [1.29, 1.82) is 0 Å². The summed E-state index contributed by atoms with van der Waals surface area (Å²) in [5.41, 5.74) is 3.00. The van der Waals surface area contributed by atoms with E-state index in [1.807, 2.05) is 6.92 Å². The van der Waals surface area contributed by atoms with Gasteiger partial charge in [0.1, 0.15) is 23.0 Å². The molecule has 0 spiro atoms. The first-order valence-electron chi connectivity index (χ1n) is 8.82. The Hall–Kier alpha value is -3.66. The summed E-state index contributed by atoms with van der Waals surface area (Å²) in [4.78, 5) is 8.29.